The summed E-state index contributed by atoms with van der Waals surface area (Å²) in [6.45, 7) is 6.54. The Labute approximate surface area is 73.7 Å². The maximum Gasteiger partial charge on any atom is 0.0798 e. The molecule has 64 valence electrons. The summed E-state index contributed by atoms with van der Waals surface area (Å²) in [7, 11) is 0. The van der Waals surface area contributed by atoms with Crippen LogP contribution in [0.5, 0.6) is 0 Å². The lowest BCUT2D eigenvalue weighted by atomic mass is 10.1. The van der Waals surface area contributed by atoms with Crippen LogP contribution < -0.4 is 10.6 Å². The van der Waals surface area contributed by atoms with Crippen molar-refractivity contribution in [1.82, 2.24) is 10.6 Å². The molecular weight excluding hydrogens is 156 g/mol. The van der Waals surface area contributed by atoms with Crippen LogP contribution in [0.2, 0.25) is 0 Å². The lowest BCUT2D eigenvalue weighted by Crippen LogP contribution is -2.57. The van der Waals surface area contributed by atoms with E-state index in [1.54, 1.807) is 0 Å². The minimum Gasteiger partial charge on any atom is -0.364 e. The van der Waals surface area contributed by atoms with Gasteiger partial charge in [-0.1, -0.05) is 26.1 Å². The second kappa shape index (κ2) is 3.50. The third kappa shape index (κ3) is 2.42. The van der Waals surface area contributed by atoms with Crippen LogP contribution in [0.4, 0.5) is 0 Å². The standard InChI is InChI=1S/C8H16N2S/c1-5(2)8-9-6(3)4-7(11)10-8/h5-6,8-9H,4H2,1-3H3,(H,10,11). The second-order valence-electron chi connectivity index (χ2n) is 3.56. The molecule has 2 N–H and O–H groups in total. The molecular formula is C8H16N2S. The van der Waals surface area contributed by atoms with E-state index in [2.05, 4.69) is 31.4 Å². The molecule has 2 atom stereocenters. The van der Waals surface area contributed by atoms with Gasteiger partial charge in [0.15, 0.2) is 0 Å². The molecule has 0 aromatic heterocycles. The Morgan fingerprint density at radius 2 is 2.18 bits per heavy atom. The molecule has 0 bridgehead atoms. The van der Waals surface area contributed by atoms with Crippen LogP contribution >= 0.6 is 12.2 Å². The van der Waals surface area contributed by atoms with E-state index < -0.39 is 0 Å². The highest BCUT2D eigenvalue weighted by molar-refractivity contribution is 7.80. The fourth-order valence-electron chi connectivity index (χ4n) is 1.28. The van der Waals surface area contributed by atoms with Gasteiger partial charge < -0.3 is 5.32 Å². The van der Waals surface area contributed by atoms with E-state index in [1.807, 2.05) is 0 Å². The van der Waals surface area contributed by atoms with Crippen LogP contribution in [-0.4, -0.2) is 17.2 Å². The Morgan fingerprint density at radius 1 is 1.55 bits per heavy atom. The van der Waals surface area contributed by atoms with Crippen LogP contribution in [0.15, 0.2) is 0 Å². The van der Waals surface area contributed by atoms with E-state index in [-0.39, 0.29) is 0 Å². The molecule has 1 aliphatic rings. The van der Waals surface area contributed by atoms with Crippen molar-refractivity contribution in [3.05, 3.63) is 0 Å². The van der Waals surface area contributed by atoms with Gasteiger partial charge in [0, 0.05) is 12.5 Å². The highest BCUT2D eigenvalue weighted by Crippen LogP contribution is 2.07. The van der Waals surface area contributed by atoms with Gasteiger partial charge in [0.1, 0.15) is 0 Å². The monoisotopic (exact) mass is 172 g/mol. The maximum atomic E-state index is 5.13. The van der Waals surface area contributed by atoms with Gasteiger partial charge in [-0.15, -0.1) is 0 Å². The minimum atomic E-state index is 0.367. The molecule has 1 aliphatic heterocycles. The first-order chi connectivity index (χ1) is 5.09. The average Bonchev–Trinajstić information content (AvgIpc) is 1.85. The van der Waals surface area contributed by atoms with Crippen molar-refractivity contribution < 1.29 is 0 Å². The number of rotatable bonds is 1. The van der Waals surface area contributed by atoms with Gasteiger partial charge in [0.2, 0.25) is 0 Å². The van der Waals surface area contributed by atoms with Gasteiger partial charge in [-0.3, -0.25) is 5.32 Å². The van der Waals surface area contributed by atoms with E-state index in [0.29, 0.717) is 18.1 Å². The van der Waals surface area contributed by atoms with Gasteiger partial charge in [0.25, 0.3) is 0 Å². The lowest BCUT2D eigenvalue weighted by Gasteiger charge is -2.33. The number of hydrogen-bond acceptors (Lipinski definition) is 2. The fourth-order valence-corrected chi connectivity index (χ4v) is 1.65. The molecule has 0 saturated carbocycles. The average molecular weight is 172 g/mol. The summed E-state index contributed by atoms with van der Waals surface area (Å²) in [6.07, 6.45) is 1.34. The largest absolute Gasteiger partial charge is 0.364 e. The zero-order valence-corrected chi connectivity index (χ0v) is 8.16. The Morgan fingerprint density at radius 3 is 2.64 bits per heavy atom. The van der Waals surface area contributed by atoms with Crippen molar-refractivity contribution in [1.29, 1.82) is 0 Å². The van der Waals surface area contributed by atoms with E-state index >= 15 is 0 Å². The van der Waals surface area contributed by atoms with Crippen LogP contribution in [0.3, 0.4) is 0 Å². The SMILES string of the molecule is CC1CC(=S)NC(C(C)C)N1. The van der Waals surface area contributed by atoms with Gasteiger partial charge in [-0.2, -0.15) is 0 Å². The van der Waals surface area contributed by atoms with Crippen LogP contribution in [0, 0.1) is 5.92 Å². The first kappa shape index (κ1) is 8.94. The number of hydrogen-bond donors (Lipinski definition) is 2. The molecule has 0 aromatic rings. The van der Waals surface area contributed by atoms with E-state index in [1.165, 1.54) is 0 Å². The molecule has 0 aliphatic carbocycles. The van der Waals surface area contributed by atoms with Crippen molar-refractivity contribution in [3.63, 3.8) is 0 Å². The molecule has 2 unspecified atom stereocenters. The summed E-state index contributed by atoms with van der Waals surface area (Å²) in [6, 6.07) is 0.524. The number of thiocarbonyl (C=S) groups is 1. The molecule has 0 radical (unpaired) electrons. The summed E-state index contributed by atoms with van der Waals surface area (Å²) in [4.78, 5) is 0.995. The van der Waals surface area contributed by atoms with Crippen LogP contribution in [-0.2, 0) is 0 Å². The fraction of sp³-hybridized carbons (Fsp3) is 0.875. The van der Waals surface area contributed by atoms with Gasteiger partial charge in [-0.05, 0) is 12.8 Å². The highest BCUT2D eigenvalue weighted by Gasteiger charge is 2.22. The van der Waals surface area contributed by atoms with E-state index in [0.717, 1.165) is 11.4 Å². The zero-order chi connectivity index (χ0) is 8.43. The molecule has 0 spiro atoms. The summed E-state index contributed by atoms with van der Waals surface area (Å²) in [5, 5.41) is 6.71. The molecule has 1 saturated heterocycles. The van der Waals surface area contributed by atoms with Crippen molar-refractivity contribution in [2.45, 2.75) is 39.4 Å². The molecule has 0 aromatic carbocycles. The molecule has 0 amide bonds. The smallest absolute Gasteiger partial charge is 0.0798 e. The predicted octanol–water partition coefficient (Wildman–Crippen LogP) is 1.27. The van der Waals surface area contributed by atoms with Crippen molar-refractivity contribution in [2.24, 2.45) is 5.92 Å². The summed E-state index contributed by atoms with van der Waals surface area (Å²) < 4.78 is 0. The van der Waals surface area contributed by atoms with E-state index in [9.17, 15) is 0 Å². The molecule has 1 heterocycles. The van der Waals surface area contributed by atoms with Gasteiger partial charge in [0.05, 0.1) is 11.2 Å². The normalized spacial score (nSPS) is 32.2. The molecule has 3 heteroatoms. The molecule has 1 rings (SSSR count). The third-order valence-corrected chi connectivity index (χ3v) is 2.22. The Kier molecular flexibility index (Phi) is 2.84. The number of nitrogens with one attached hydrogen (secondary N) is 2. The first-order valence-electron chi connectivity index (χ1n) is 4.15. The van der Waals surface area contributed by atoms with Crippen molar-refractivity contribution in [2.75, 3.05) is 0 Å². The van der Waals surface area contributed by atoms with Crippen molar-refractivity contribution >= 4 is 17.2 Å². The summed E-state index contributed by atoms with van der Waals surface area (Å²) >= 11 is 5.13. The quantitative estimate of drug-likeness (QED) is 0.582. The zero-order valence-electron chi connectivity index (χ0n) is 7.35. The third-order valence-electron chi connectivity index (χ3n) is 1.94. The molecule has 1 fully saturated rings. The van der Waals surface area contributed by atoms with Gasteiger partial charge in [-0.25, -0.2) is 0 Å². The summed E-state index contributed by atoms with van der Waals surface area (Å²) in [5.74, 6) is 0.593. The summed E-state index contributed by atoms with van der Waals surface area (Å²) in [5.41, 5.74) is 0. The predicted molar refractivity (Wildman–Crippen MR) is 51.6 cm³/mol. The van der Waals surface area contributed by atoms with Crippen LogP contribution in [0.1, 0.15) is 27.2 Å². The Balaban J connectivity index is 2.49. The second-order valence-corrected chi connectivity index (χ2v) is 4.05. The first-order valence-corrected chi connectivity index (χ1v) is 4.56. The topological polar surface area (TPSA) is 24.1 Å². The lowest BCUT2D eigenvalue weighted by molar-refractivity contribution is 0.322. The van der Waals surface area contributed by atoms with Gasteiger partial charge >= 0.3 is 0 Å². The van der Waals surface area contributed by atoms with Crippen molar-refractivity contribution in [3.8, 4) is 0 Å². The molecule has 11 heavy (non-hydrogen) atoms. The Bertz CT molecular complexity index is 156. The highest BCUT2D eigenvalue weighted by atomic mass is 32.1. The van der Waals surface area contributed by atoms with E-state index in [4.69, 9.17) is 12.2 Å². The minimum absolute atomic E-state index is 0.367. The molecule has 2 nitrogen and oxygen atoms in total. The van der Waals surface area contributed by atoms with Crippen LogP contribution in [0.25, 0.3) is 0 Å². The maximum absolute atomic E-state index is 5.13. The Hall–Kier alpha value is -0.150.